The monoisotopic (exact) mass is 205 g/mol. The lowest BCUT2D eigenvalue weighted by Gasteiger charge is -2.27. The van der Waals surface area contributed by atoms with E-state index in [-0.39, 0.29) is 11.9 Å². The minimum atomic E-state index is 0.125. The van der Waals surface area contributed by atoms with Crippen molar-refractivity contribution in [3.05, 3.63) is 29.8 Å². The van der Waals surface area contributed by atoms with Gasteiger partial charge in [0.25, 0.3) is 0 Å². The van der Waals surface area contributed by atoms with Crippen LogP contribution < -0.4 is 10.1 Å². The van der Waals surface area contributed by atoms with Crippen molar-refractivity contribution in [1.29, 1.82) is 0 Å². The summed E-state index contributed by atoms with van der Waals surface area (Å²) in [6.07, 6.45) is 1.60. The zero-order valence-electron chi connectivity index (χ0n) is 8.82. The molecule has 0 spiro atoms. The molecule has 0 aromatic heterocycles. The summed E-state index contributed by atoms with van der Waals surface area (Å²) in [7, 11) is 0. The summed E-state index contributed by atoms with van der Waals surface area (Å²) >= 11 is 0. The number of carbonyl (C=O) groups is 1. The molecule has 1 saturated heterocycles. The Balaban J connectivity index is 2.02. The van der Waals surface area contributed by atoms with Crippen molar-refractivity contribution >= 4 is 5.91 Å². The zero-order chi connectivity index (χ0) is 10.7. The average Bonchev–Trinajstić information content (AvgIpc) is 2.22. The summed E-state index contributed by atoms with van der Waals surface area (Å²) in [5, 5.41) is 2.85. The van der Waals surface area contributed by atoms with Gasteiger partial charge in [-0.15, -0.1) is 0 Å². The Labute approximate surface area is 89.4 Å². The van der Waals surface area contributed by atoms with Crippen LogP contribution in [0.5, 0.6) is 5.75 Å². The highest BCUT2D eigenvalue weighted by Crippen LogP contribution is 2.26. The summed E-state index contributed by atoms with van der Waals surface area (Å²) in [5.41, 5.74) is 1.13. The second-order valence-electron chi connectivity index (χ2n) is 3.75. The van der Waals surface area contributed by atoms with Crippen LogP contribution in [0.1, 0.15) is 31.4 Å². The van der Waals surface area contributed by atoms with Crippen LogP contribution in [0, 0.1) is 0 Å². The molecule has 15 heavy (non-hydrogen) atoms. The molecule has 2 rings (SSSR count). The van der Waals surface area contributed by atoms with Gasteiger partial charge in [0, 0.05) is 0 Å². The Hall–Kier alpha value is -1.51. The molecule has 3 nitrogen and oxygen atoms in total. The summed E-state index contributed by atoms with van der Waals surface area (Å²) in [5.74, 6) is 1.01. The molecule has 1 N–H and O–H groups in total. The van der Waals surface area contributed by atoms with Crippen molar-refractivity contribution in [2.75, 3.05) is 6.61 Å². The van der Waals surface area contributed by atoms with Gasteiger partial charge < -0.3 is 10.1 Å². The second kappa shape index (κ2) is 4.34. The van der Waals surface area contributed by atoms with Gasteiger partial charge in [0.2, 0.25) is 5.91 Å². The van der Waals surface area contributed by atoms with Crippen LogP contribution in [0.4, 0.5) is 0 Å². The van der Waals surface area contributed by atoms with Crippen molar-refractivity contribution in [1.82, 2.24) is 5.32 Å². The van der Waals surface area contributed by atoms with Gasteiger partial charge in [-0.25, -0.2) is 0 Å². The minimum Gasteiger partial charge on any atom is -0.494 e. The Morgan fingerprint density at radius 1 is 1.53 bits per heavy atom. The fourth-order valence-electron chi connectivity index (χ4n) is 1.60. The van der Waals surface area contributed by atoms with Gasteiger partial charge in [0.15, 0.2) is 0 Å². The van der Waals surface area contributed by atoms with Crippen molar-refractivity contribution in [3.63, 3.8) is 0 Å². The highest BCUT2D eigenvalue weighted by atomic mass is 16.5. The molecule has 1 unspecified atom stereocenters. The van der Waals surface area contributed by atoms with Crippen LogP contribution in [0.2, 0.25) is 0 Å². The molecule has 1 atom stereocenters. The van der Waals surface area contributed by atoms with Crippen LogP contribution >= 0.6 is 0 Å². The summed E-state index contributed by atoms with van der Waals surface area (Å²) in [6, 6.07) is 8.11. The second-order valence-corrected chi connectivity index (χ2v) is 3.75. The Kier molecular flexibility index (Phi) is 2.90. The van der Waals surface area contributed by atoms with Crippen LogP contribution in [0.3, 0.4) is 0 Å². The molecule has 1 aromatic rings. The molecule has 1 aliphatic rings. The zero-order valence-corrected chi connectivity index (χ0v) is 8.82. The third-order valence-electron chi connectivity index (χ3n) is 2.46. The van der Waals surface area contributed by atoms with Crippen LogP contribution in [0.15, 0.2) is 24.3 Å². The Morgan fingerprint density at radius 2 is 2.33 bits per heavy atom. The van der Waals surface area contributed by atoms with Crippen molar-refractivity contribution in [3.8, 4) is 5.75 Å². The maximum Gasteiger partial charge on any atom is 0.222 e. The van der Waals surface area contributed by atoms with E-state index in [2.05, 4.69) is 12.2 Å². The van der Waals surface area contributed by atoms with E-state index in [9.17, 15) is 4.79 Å². The largest absolute Gasteiger partial charge is 0.494 e. The summed E-state index contributed by atoms with van der Waals surface area (Å²) in [4.78, 5) is 10.8. The molecule has 0 aliphatic carbocycles. The van der Waals surface area contributed by atoms with Gasteiger partial charge >= 0.3 is 0 Å². The number of ether oxygens (including phenoxy) is 1. The number of hydrogen-bond donors (Lipinski definition) is 1. The van der Waals surface area contributed by atoms with Gasteiger partial charge in [0.1, 0.15) is 5.75 Å². The highest BCUT2D eigenvalue weighted by Gasteiger charge is 2.26. The third kappa shape index (κ3) is 2.29. The number of β-lactam (4-membered cyclic amide) rings is 1. The molecule has 1 amide bonds. The molecule has 1 heterocycles. The molecule has 1 aliphatic heterocycles. The lowest BCUT2D eigenvalue weighted by Crippen LogP contribution is -2.41. The van der Waals surface area contributed by atoms with E-state index in [4.69, 9.17) is 4.74 Å². The standard InChI is InChI=1S/C12H15NO2/c1-2-6-15-10-5-3-4-9(7-10)11-8-12(14)13-11/h3-5,7,11H,2,6,8H2,1H3,(H,13,14). The molecule has 3 heteroatoms. The van der Waals surface area contributed by atoms with E-state index >= 15 is 0 Å². The van der Waals surface area contributed by atoms with Gasteiger partial charge in [-0.05, 0) is 24.1 Å². The molecule has 1 aromatic carbocycles. The van der Waals surface area contributed by atoms with Crippen molar-refractivity contribution in [2.24, 2.45) is 0 Å². The van der Waals surface area contributed by atoms with E-state index in [1.54, 1.807) is 0 Å². The molecule has 0 radical (unpaired) electrons. The first-order chi connectivity index (χ1) is 7.29. The van der Waals surface area contributed by atoms with E-state index in [0.717, 1.165) is 24.3 Å². The van der Waals surface area contributed by atoms with Gasteiger partial charge in [-0.2, -0.15) is 0 Å². The third-order valence-corrected chi connectivity index (χ3v) is 2.46. The predicted molar refractivity (Wildman–Crippen MR) is 57.7 cm³/mol. The first-order valence-electron chi connectivity index (χ1n) is 5.31. The van der Waals surface area contributed by atoms with E-state index in [0.29, 0.717) is 6.42 Å². The van der Waals surface area contributed by atoms with Crippen molar-refractivity contribution < 1.29 is 9.53 Å². The first kappa shape index (κ1) is 10.0. The number of rotatable bonds is 4. The van der Waals surface area contributed by atoms with Gasteiger partial charge in [-0.3, -0.25) is 4.79 Å². The van der Waals surface area contributed by atoms with Gasteiger partial charge in [0.05, 0.1) is 19.1 Å². The molecular formula is C12H15NO2. The fraction of sp³-hybridized carbons (Fsp3) is 0.417. The smallest absolute Gasteiger partial charge is 0.222 e. The molecule has 80 valence electrons. The maximum atomic E-state index is 10.8. The molecular weight excluding hydrogens is 190 g/mol. The fourth-order valence-corrected chi connectivity index (χ4v) is 1.60. The lowest BCUT2D eigenvalue weighted by atomic mass is 9.97. The first-order valence-corrected chi connectivity index (χ1v) is 5.31. The number of nitrogens with one attached hydrogen (secondary N) is 1. The van der Waals surface area contributed by atoms with E-state index in [1.165, 1.54) is 0 Å². The minimum absolute atomic E-state index is 0.125. The number of benzene rings is 1. The Morgan fingerprint density at radius 3 is 3.00 bits per heavy atom. The topological polar surface area (TPSA) is 38.3 Å². The SMILES string of the molecule is CCCOc1cccc(C2CC(=O)N2)c1. The Bertz CT molecular complexity index is 354. The predicted octanol–water partition coefficient (Wildman–Crippen LogP) is 2.04. The summed E-state index contributed by atoms with van der Waals surface area (Å²) < 4.78 is 5.53. The molecule has 1 fully saturated rings. The van der Waals surface area contributed by atoms with E-state index in [1.807, 2.05) is 24.3 Å². The quantitative estimate of drug-likeness (QED) is 0.764. The van der Waals surface area contributed by atoms with Crippen LogP contribution in [0.25, 0.3) is 0 Å². The van der Waals surface area contributed by atoms with Gasteiger partial charge in [-0.1, -0.05) is 19.1 Å². The average molecular weight is 205 g/mol. The van der Waals surface area contributed by atoms with E-state index < -0.39 is 0 Å². The van der Waals surface area contributed by atoms with Crippen LogP contribution in [-0.4, -0.2) is 12.5 Å². The lowest BCUT2D eigenvalue weighted by molar-refractivity contribution is -0.128. The highest BCUT2D eigenvalue weighted by molar-refractivity contribution is 5.83. The summed E-state index contributed by atoms with van der Waals surface area (Å²) in [6.45, 7) is 2.82. The molecule has 0 bridgehead atoms. The maximum absolute atomic E-state index is 10.8. The normalized spacial score (nSPS) is 19.3. The van der Waals surface area contributed by atoms with Crippen LogP contribution in [-0.2, 0) is 4.79 Å². The molecule has 0 saturated carbocycles. The van der Waals surface area contributed by atoms with Crippen molar-refractivity contribution in [2.45, 2.75) is 25.8 Å². The number of amides is 1. The number of carbonyl (C=O) groups excluding carboxylic acids is 1. The number of hydrogen-bond acceptors (Lipinski definition) is 2.